The highest BCUT2D eigenvalue weighted by Crippen LogP contribution is 2.26. The Kier molecular flexibility index (Phi) is 7.89. The van der Waals surface area contributed by atoms with Crippen molar-refractivity contribution < 1.29 is 9.53 Å². The van der Waals surface area contributed by atoms with E-state index < -0.39 is 0 Å². The molecule has 1 aliphatic heterocycles. The van der Waals surface area contributed by atoms with Crippen LogP contribution in [0.1, 0.15) is 51.9 Å². The Hall–Kier alpha value is -1.51. The molecule has 1 aromatic carbocycles. The normalized spacial score (nSPS) is 20.8. The smallest absolute Gasteiger partial charge is 0.257 e. The summed E-state index contributed by atoms with van der Waals surface area (Å²) in [5, 5.41) is 0. The van der Waals surface area contributed by atoms with E-state index in [4.69, 9.17) is 4.74 Å². The van der Waals surface area contributed by atoms with Crippen molar-refractivity contribution in [1.29, 1.82) is 0 Å². The van der Waals surface area contributed by atoms with Crippen LogP contribution < -0.4 is 4.74 Å². The van der Waals surface area contributed by atoms with Gasteiger partial charge in [0.2, 0.25) is 0 Å². The molecule has 1 aliphatic rings. The van der Waals surface area contributed by atoms with Crippen molar-refractivity contribution in [3.05, 3.63) is 29.8 Å². The highest BCUT2D eigenvalue weighted by atomic mass is 16.5. The Balaban J connectivity index is 0.000000741. The molecule has 2 unspecified atom stereocenters. The first-order chi connectivity index (χ1) is 9.11. The summed E-state index contributed by atoms with van der Waals surface area (Å²) in [4.78, 5) is 13.8. The first-order valence-corrected chi connectivity index (χ1v) is 7.14. The number of hydrogen-bond acceptors (Lipinski definition) is 2. The van der Waals surface area contributed by atoms with Crippen LogP contribution >= 0.6 is 0 Å². The second kappa shape index (κ2) is 8.57. The number of likely N-dealkylation sites (N-methyl/N-ethyl adjacent to an activating group) is 1. The third-order valence-corrected chi connectivity index (χ3v) is 3.04. The molecule has 19 heavy (non-hydrogen) atoms. The highest BCUT2D eigenvalue weighted by molar-refractivity contribution is 5.97. The Morgan fingerprint density at radius 2 is 1.58 bits per heavy atom. The van der Waals surface area contributed by atoms with E-state index in [1.165, 1.54) is 0 Å². The van der Waals surface area contributed by atoms with E-state index in [0.717, 1.165) is 0 Å². The molecule has 1 amide bonds. The second-order valence-corrected chi connectivity index (χ2v) is 3.98. The quantitative estimate of drug-likeness (QED) is 0.710. The predicted molar refractivity (Wildman–Crippen MR) is 80.8 cm³/mol. The van der Waals surface area contributed by atoms with Crippen molar-refractivity contribution in [3.8, 4) is 5.75 Å². The van der Waals surface area contributed by atoms with Gasteiger partial charge in [-0.15, -0.1) is 0 Å². The van der Waals surface area contributed by atoms with Crippen LogP contribution in [0, 0.1) is 0 Å². The molecular formula is C16H27NO2. The molecule has 2 rings (SSSR count). The molecule has 0 radical (unpaired) electrons. The van der Waals surface area contributed by atoms with Gasteiger partial charge in [-0.2, -0.15) is 0 Å². The number of hydrogen-bond donors (Lipinski definition) is 0. The van der Waals surface area contributed by atoms with Gasteiger partial charge in [-0.1, -0.05) is 39.8 Å². The van der Waals surface area contributed by atoms with Gasteiger partial charge in [0.05, 0.1) is 11.6 Å². The molecular weight excluding hydrogens is 238 g/mol. The van der Waals surface area contributed by atoms with Crippen LogP contribution in [-0.4, -0.2) is 30.0 Å². The number of ether oxygens (including phenoxy) is 1. The Morgan fingerprint density at radius 3 is 2.16 bits per heavy atom. The lowest BCUT2D eigenvalue weighted by atomic mass is 10.1. The maximum absolute atomic E-state index is 12.0. The van der Waals surface area contributed by atoms with Crippen molar-refractivity contribution >= 4 is 5.91 Å². The molecule has 2 atom stereocenters. The first kappa shape index (κ1) is 17.5. The number of amides is 1. The summed E-state index contributed by atoms with van der Waals surface area (Å²) in [5.74, 6) is 0.716. The fraction of sp³-hybridized carbons (Fsp3) is 0.562. The van der Waals surface area contributed by atoms with Gasteiger partial charge in [0, 0.05) is 7.05 Å². The van der Waals surface area contributed by atoms with Crippen LogP contribution in [0.4, 0.5) is 0 Å². The lowest BCUT2D eigenvalue weighted by Crippen LogP contribution is -2.41. The Bertz CT molecular complexity index is 390. The Labute approximate surface area is 117 Å². The highest BCUT2D eigenvalue weighted by Gasteiger charge is 2.29. The molecule has 0 fully saturated rings. The minimum absolute atomic E-state index is 0.0163. The van der Waals surface area contributed by atoms with E-state index >= 15 is 0 Å². The van der Waals surface area contributed by atoms with Crippen LogP contribution in [0.2, 0.25) is 0 Å². The number of rotatable bonds is 0. The molecule has 0 aromatic heterocycles. The van der Waals surface area contributed by atoms with Gasteiger partial charge in [-0.25, -0.2) is 0 Å². The number of carbonyl (C=O) groups is 1. The van der Waals surface area contributed by atoms with Gasteiger partial charge in [0.25, 0.3) is 5.91 Å². The molecule has 3 heteroatoms. The summed E-state index contributed by atoms with van der Waals surface area (Å²) < 4.78 is 5.75. The number of nitrogens with zero attached hydrogens (tertiary/aromatic N) is 1. The average molecular weight is 265 g/mol. The van der Waals surface area contributed by atoms with E-state index in [0.29, 0.717) is 11.3 Å². The van der Waals surface area contributed by atoms with E-state index in [-0.39, 0.29) is 18.1 Å². The standard InChI is InChI=1S/C12H15NO2.2C2H6/c1-8-9(2)15-11-7-5-4-6-10(11)12(14)13(8)3;2*1-2/h4-9H,1-3H3;2*1-2H3. The van der Waals surface area contributed by atoms with Crippen molar-refractivity contribution in [2.45, 2.75) is 53.7 Å². The molecule has 0 saturated carbocycles. The predicted octanol–water partition coefficient (Wildman–Crippen LogP) is 3.98. The third-order valence-electron chi connectivity index (χ3n) is 3.04. The summed E-state index contributed by atoms with van der Waals surface area (Å²) in [7, 11) is 1.81. The number of fused-ring (bicyclic) bond motifs is 1. The lowest BCUT2D eigenvalue weighted by Gasteiger charge is -2.25. The van der Waals surface area contributed by atoms with Crippen molar-refractivity contribution in [2.24, 2.45) is 0 Å². The minimum Gasteiger partial charge on any atom is -0.488 e. The summed E-state index contributed by atoms with van der Waals surface area (Å²) in [5.41, 5.74) is 0.649. The SMILES string of the molecule is CC.CC.CC1Oc2ccccc2C(=O)N(C)C1C. The van der Waals surface area contributed by atoms with E-state index in [1.54, 1.807) is 11.0 Å². The summed E-state index contributed by atoms with van der Waals surface area (Å²) in [6, 6.07) is 7.47. The van der Waals surface area contributed by atoms with Gasteiger partial charge in [-0.05, 0) is 26.0 Å². The molecule has 0 bridgehead atoms. The summed E-state index contributed by atoms with van der Waals surface area (Å²) >= 11 is 0. The van der Waals surface area contributed by atoms with E-state index in [9.17, 15) is 4.79 Å². The number of para-hydroxylation sites is 1. The monoisotopic (exact) mass is 265 g/mol. The zero-order chi connectivity index (χ0) is 15.0. The van der Waals surface area contributed by atoms with Gasteiger partial charge in [0.1, 0.15) is 11.9 Å². The topological polar surface area (TPSA) is 29.5 Å². The minimum atomic E-state index is 0.0163. The lowest BCUT2D eigenvalue weighted by molar-refractivity contribution is 0.0659. The molecule has 0 spiro atoms. The summed E-state index contributed by atoms with van der Waals surface area (Å²) in [6.07, 6.45) is 0.0163. The maximum atomic E-state index is 12.0. The van der Waals surface area contributed by atoms with Crippen LogP contribution in [-0.2, 0) is 0 Å². The van der Waals surface area contributed by atoms with Crippen molar-refractivity contribution in [1.82, 2.24) is 4.90 Å². The van der Waals surface area contributed by atoms with Gasteiger partial charge >= 0.3 is 0 Å². The zero-order valence-electron chi connectivity index (χ0n) is 13.2. The number of benzene rings is 1. The fourth-order valence-electron chi connectivity index (χ4n) is 1.73. The molecule has 1 aromatic rings. The van der Waals surface area contributed by atoms with Gasteiger partial charge in [0.15, 0.2) is 0 Å². The molecule has 0 saturated heterocycles. The van der Waals surface area contributed by atoms with Crippen molar-refractivity contribution in [3.63, 3.8) is 0 Å². The largest absolute Gasteiger partial charge is 0.488 e. The van der Waals surface area contributed by atoms with E-state index in [1.807, 2.05) is 66.8 Å². The van der Waals surface area contributed by atoms with Gasteiger partial charge < -0.3 is 9.64 Å². The first-order valence-electron chi connectivity index (χ1n) is 7.14. The Morgan fingerprint density at radius 1 is 1.05 bits per heavy atom. The average Bonchev–Trinajstić information content (AvgIpc) is 2.56. The molecule has 1 heterocycles. The van der Waals surface area contributed by atoms with Crippen molar-refractivity contribution in [2.75, 3.05) is 7.05 Å². The molecule has 3 nitrogen and oxygen atoms in total. The van der Waals surface area contributed by atoms with Crippen LogP contribution in [0.15, 0.2) is 24.3 Å². The van der Waals surface area contributed by atoms with E-state index in [2.05, 4.69) is 0 Å². The second-order valence-electron chi connectivity index (χ2n) is 3.98. The molecule has 0 aliphatic carbocycles. The van der Waals surface area contributed by atoms with Crippen LogP contribution in [0.25, 0.3) is 0 Å². The molecule has 0 N–H and O–H groups in total. The number of carbonyl (C=O) groups excluding carboxylic acids is 1. The van der Waals surface area contributed by atoms with Gasteiger partial charge in [-0.3, -0.25) is 4.79 Å². The van der Waals surface area contributed by atoms with Crippen LogP contribution in [0.3, 0.4) is 0 Å². The van der Waals surface area contributed by atoms with Crippen LogP contribution in [0.5, 0.6) is 5.75 Å². The summed E-state index contributed by atoms with van der Waals surface area (Å²) in [6.45, 7) is 12.0. The third kappa shape index (κ3) is 3.98. The fourth-order valence-corrected chi connectivity index (χ4v) is 1.73. The maximum Gasteiger partial charge on any atom is 0.257 e. The molecule has 108 valence electrons. The zero-order valence-corrected chi connectivity index (χ0v) is 13.2.